The number of anilines is 1. The maximum atomic E-state index is 14.2. The summed E-state index contributed by atoms with van der Waals surface area (Å²) in [5.74, 6) is 0.119. The van der Waals surface area contributed by atoms with E-state index >= 15 is 0 Å². The number of rotatable bonds is 7. The zero-order chi connectivity index (χ0) is 23.9. The highest BCUT2D eigenvalue weighted by molar-refractivity contribution is 5.87. The van der Waals surface area contributed by atoms with Gasteiger partial charge in [-0.15, -0.1) is 0 Å². The van der Waals surface area contributed by atoms with Crippen molar-refractivity contribution in [2.75, 3.05) is 25.6 Å². The Bertz CT molecular complexity index is 1110. The molecule has 1 atom stereocenters. The largest absolute Gasteiger partial charge is 0.496 e. The number of aromatic amines is 1. The van der Waals surface area contributed by atoms with Crippen molar-refractivity contribution < 1.29 is 27.4 Å². The Kier molecular flexibility index (Phi) is 6.16. The Hall–Kier alpha value is -2.81. The van der Waals surface area contributed by atoms with Gasteiger partial charge < -0.3 is 19.7 Å². The van der Waals surface area contributed by atoms with Gasteiger partial charge in [0, 0.05) is 24.2 Å². The van der Waals surface area contributed by atoms with Crippen LogP contribution in [0.4, 0.5) is 23.4 Å². The molecule has 0 radical (unpaired) electrons. The Labute approximate surface area is 184 Å². The van der Waals surface area contributed by atoms with Crippen LogP contribution in [0.25, 0.3) is 10.9 Å². The Morgan fingerprint density at radius 3 is 2.47 bits per heavy atom. The zero-order valence-corrected chi connectivity index (χ0v) is 18.6. The summed E-state index contributed by atoms with van der Waals surface area (Å²) in [6, 6.07) is 5.46. The van der Waals surface area contributed by atoms with Crippen molar-refractivity contribution in [3.8, 4) is 5.75 Å². The number of pyridine rings is 1. The zero-order valence-electron chi connectivity index (χ0n) is 18.6. The minimum atomic E-state index is -4.93. The SMILES string of the molecule is COc1ccc(F)cc1C(C)(C)CC(O)(CN(C)c1[nH]c2cnccc2c1C)C(F)(F)F. The van der Waals surface area contributed by atoms with Crippen molar-refractivity contribution in [3.63, 3.8) is 0 Å². The molecule has 2 heterocycles. The molecule has 32 heavy (non-hydrogen) atoms. The van der Waals surface area contributed by atoms with E-state index in [1.807, 2.05) is 0 Å². The number of aliphatic hydroxyl groups is 1. The van der Waals surface area contributed by atoms with Crippen LogP contribution in [0.15, 0.2) is 36.7 Å². The summed E-state index contributed by atoms with van der Waals surface area (Å²) in [7, 11) is 2.85. The molecule has 0 aliphatic heterocycles. The summed E-state index contributed by atoms with van der Waals surface area (Å²) >= 11 is 0. The van der Waals surface area contributed by atoms with E-state index in [-0.39, 0.29) is 11.3 Å². The second kappa shape index (κ2) is 8.27. The number of benzene rings is 1. The molecule has 0 saturated heterocycles. The number of fused-ring (bicyclic) bond motifs is 1. The maximum Gasteiger partial charge on any atom is 0.418 e. The monoisotopic (exact) mass is 453 g/mol. The molecule has 0 spiro atoms. The van der Waals surface area contributed by atoms with Crippen molar-refractivity contribution in [2.24, 2.45) is 0 Å². The lowest BCUT2D eigenvalue weighted by Gasteiger charge is -2.40. The maximum absolute atomic E-state index is 14.2. The quantitative estimate of drug-likeness (QED) is 0.488. The number of hydrogen-bond acceptors (Lipinski definition) is 4. The number of halogens is 4. The van der Waals surface area contributed by atoms with E-state index in [2.05, 4.69) is 9.97 Å². The molecule has 2 aromatic heterocycles. The highest BCUT2D eigenvalue weighted by atomic mass is 19.4. The van der Waals surface area contributed by atoms with E-state index in [9.17, 15) is 22.7 Å². The summed E-state index contributed by atoms with van der Waals surface area (Å²) in [5, 5.41) is 11.8. The first-order valence-electron chi connectivity index (χ1n) is 10.1. The molecule has 0 saturated carbocycles. The fourth-order valence-electron chi connectivity index (χ4n) is 4.30. The molecule has 3 rings (SSSR count). The first kappa shape index (κ1) is 23.8. The Morgan fingerprint density at radius 1 is 1.19 bits per heavy atom. The number of alkyl halides is 3. The molecule has 1 unspecified atom stereocenters. The van der Waals surface area contributed by atoms with Gasteiger partial charge in [0.25, 0.3) is 0 Å². The average molecular weight is 453 g/mol. The van der Waals surface area contributed by atoms with Crippen molar-refractivity contribution >= 4 is 16.7 Å². The summed E-state index contributed by atoms with van der Waals surface area (Å²) < 4.78 is 61.7. The van der Waals surface area contributed by atoms with Crippen LogP contribution >= 0.6 is 0 Å². The number of hydrogen-bond donors (Lipinski definition) is 2. The third-order valence-electron chi connectivity index (χ3n) is 5.87. The first-order chi connectivity index (χ1) is 14.8. The lowest BCUT2D eigenvalue weighted by Crippen LogP contribution is -2.56. The normalized spacial score (nSPS) is 14.4. The van der Waals surface area contributed by atoms with Crippen LogP contribution < -0.4 is 9.64 Å². The molecule has 174 valence electrons. The molecule has 3 aromatic rings. The summed E-state index contributed by atoms with van der Waals surface area (Å²) in [5.41, 5.74) is -2.64. The smallest absolute Gasteiger partial charge is 0.418 e. The van der Waals surface area contributed by atoms with Crippen molar-refractivity contribution in [2.45, 2.75) is 44.4 Å². The fraction of sp³-hybridized carbons (Fsp3) is 0.435. The topological polar surface area (TPSA) is 61.4 Å². The lowest BCUT2D eigenvalue weighted by atomic mass is 9.74. The van der Waals surface area contributed by atoms with Gasteiger partial charge in [-0.25, -0.2) is 4.39 Å². The van der Waals surface area contributed by atoms with Gasteiger partial charge in [-0.2, -0.15) is 13.2 Å². The number of likely N-dealkylation sites (N-methyl/N-ethyl adjacent to an activating group) is 1. The standard InChI is InChI=1S/C23H27F4N3O2/c1-14-16-8-9-28-11-18(16)29-20(14)30(4)13-22(31,23(25,26)27)12-21(2,3)17-10-15(24)6-7-19(17)32-5/h6-11,29,31H,12-13H2,1-5H3. The van der Waals surface area contributed by atoms with Gasteiger partial charge in [-0.3, -0.25) is 4.98 Å². The lowest BCUT2D eigenvalue weighted by molar-refractivity contribution is -0.262. The van der Waals surface area contributed by atoms with Crippen LogP contribution in [0.1, 0.15) is 31.4 Å². The van der Waals surface area contributed by atoms with E-state index in [4.69, 9.17) is 4.74 Å². The molecule has 0 bridgehead atoms. The number of H-pyrrole nitrogens is 1. The molecule has 0 amide bonds. The fourth-order valence-corrected chi connectivity index (χ4v) is 4.30. The van der Waals surface area contributed by atoms with Crippen LogP contribution in [0.3, 0.4) is 0 Å². The highest BCUT2D eigenvalue weighted by Gasteiger charge is 2.57. The predicted octanol–water partition coefficient (Wildman–Crippen LogP) is 5.12. The molecule has 0 aliphatic carbocycles. The van der Waals surface area contributed by atoms with Crippen LogP contribution in [-0.4, -0.2) is 47.6 Å². The minimum absolute atomic E-state index is 0.248. The number of aromatic nitrogens is 2. The predicted molar refractivity (Wildman–Crippen MR) is 116 cm³/mol. The number of nitrogens with zero attached hydrogens (tertiary/aromatic N) is 2. The molecular formula is C23H27F4N3O2. The molecule has 1 aromatic carbocycles. The minimum Gasteiger partial charge on any atom is -0.496 e. The third kappa shape index (κ3) is 4.39. The molecule has 0 aliphatic rings. The Balaban J connectivity index is 1.98. The van der Waals surface area contributed by atoms with Crippen LogP contribution in [-0.2, 0) is 5.41 Å². The van der Waals surface area contributed by atoms with E-state index < -0.39 is 36.0 Å². The molecule has 9 heteroatoms. The van der Waals surface area contributed by atoms with Gasteiger partial charge in [0.15, 0.2) is 5.60 Å². The number of aryl methyl sites for hydroxylation is 1. The van der Waals surface area contributed by atoms with E-state index in [1.165, 1.54) is 45.0 Å². The summed E-state index contributed by atoms with van der Waals surface area (Å²) in [6.45, 7) is 4.12. The highest BCUT2D eigenvalue weighted by Crippen LogP contribution is 2.44. The van der Waals surface area contributed by atoms with Crippen molar-refractivity contribution in [3.05, 3.63) is 53.6 Å². The number of nitrogens with one attached hydrogen (secondary N) is 1. The van der Waals surface area contributed by atoms with Crippen LogP contribution in [0.5, 0.6) is 5.75 Å². The second-order valence-electron chi connectivity index (χ2n) is 8.81. The van der Waals surface area contributed by atoms with Crippen LogP contribution in [0, 0.1) is 12.7 Å². The van der Waals surface area contributed by atoms with E-state index in [0.29, 0.717) is 11.3 Å². The number of methoxy groups -OCH3 is 1. The van der Waals surface area contributed by atoms with Gasteiger partial charge in [0.1, 0.15) is 17.4 Å². The van der Waals surface area contributed by atoms with Crippen molar-refractivity contribution in [1.82, 2.24) is 9.97 Å². The van der Waals surface area contributed by atoms with Gasteiger partial charge in [0.05, 0.1) is 25.4 Å². The van der Waals surface area contributed by atoms with Crippen LogP contribution in [0.2, 0.25) is 0 Å². The van der Waals surface area contributed by atoms with Gasteiger partial charge >= 0.3 is 6.18 Å². The first-order valence-corrected chi connectivity index (χ1v) is 10.1. The van der Waals surface area contributed by atoms with Gasteiger partial charge in [-0.05, 0) is 48.6 Å². The van der Waals surface area contributed by atoms with Crippen molar-refractivity contribution in [1.29, 1.82) is 0 Å². The average Bonchev–Trinajstić information content (AvgIpc) is 3.04. The summed E-state index contributed by atoms with van der Waals surface area (Å²) in [6.07, 6.45) is -2.43. The molecule has 2 N–H and O–H groups in total. The Morgan fingerprint density at radius 2 is 1.88 bits per heavy atom. The molecule has 5 nitrogen and oxygen atoms in total. The van der Waals surface area contributed by atoms with Gasteiger partial charge in [0.2, 0.25) is 0 Å². The molecule has 0 fully saturated rings. The third-order valence-corrected chi connectivity index (χ3v) is 5.87. The van der Waals surface area contributed by atoms with Gasteiger partial charge in [-0.1, -0.05) is 13.8 Å². The van der Waals surface area contributed by atoms with E-state index in [1.54, 1.807) is 25.4 Å². The summed E-state index contributed by atoms with van der Waals surface area (Å²) in [4.78, 5) is 8.45. The second-order valence-corrected chi connectivity index (χ2v) is 8.81. The van der Waals surface area contributed by atoms with E-state index in [0.717, 1.165) is 17.0 Å². The number of ether oxygens (including phenoxy) is 1. The molecular weight excluding hydrogens is 426 g/mol.